The number of nitrogens with one attached hydrogen (secondary N) is 2. The van der Waals surface area contributed by atoms with Gasteiger partial charge in [0.2, 0.25) is 0 Å². The van der Waals surface area contributed by atoms with Crippen molar-refractivity contribution >= 4 is 17.3 Å². The van der Waals surface area contributed by atoms with Gasteiger partial charge in [0.1, 0.15) is 0 Å². The van der Waals surface area contributed by atoms with Gasteiger partial charge in [0.25, 0.3) is 0 Å². The Morgan fingerprint density at radius 2 is 1.93 bits per heavy atom. The van der Waals surface area contributed by atoms with Crippen LogP contribution >= 0.6 is 0 Å². The van der Waals surface area contributed by atoms with Crippen LogP contribution in [0.15, 0.2) is 24.3 Å². The Hall–Kier alpha value is -1.75. The first-order valence-corrected chi connectivity index (χ1v) is 4.70. The summed E-state index contributed by atoms with van der Waals surface area (Å²) in [6, 6.07) is 7.26. The molecule has 0 atom stereocenters. The molecule has 0 bridgehead atoms. The van der Waals surface area contributed by atoms with Gasteiger partial charge in [-0.15, -0.1) is 0 Å². The van der Waals surface area contributed by atoms with Crippen LogP contribution in [0.25, 0.3) is 0 Å². The molecule has 15 heavy (non-hydrogen) atoms. The van der Waals surface area contributed by atoms with Crippen molar-refractivity contribution in [1.82, 2.24) is 0 Å². The Labute approximate surface area is 87.1 Å². The van der Waals surface area contributed by atoms with Crippen molar-refractivity contribution in [2.75, 3.05) is 17.2 Å². The highest BCUT2D eigenvalue weighted by atomic mass is 16.6. The first kappa shape index (κ1) is 9.79. The molecule has 0 aromatic heterocycles. The largest absolute Gasteiger partial charge is 0.476 e. The zero-order chi connectivity index (χ0) is 10.9. The molecule has 0 fully saturated rings. The quantitative estimate of drug-likeness (QED) is 0.698. The molecule has 0 amide bonds. The molecule has 3 N–H and O–H groups in total. The molecule has 1 aromatic carbocycles. The van der Waals surface area contributed by atoms with Gasteiger partial charge in [-0.3, -0.25) is 0 Å². The van der Waals surface area contributed by atoms with Crippen LogP contribution in [-0.4, -0.2) is 23.5 Å². The van der Waals surface area contributed by atoms with Gasteiger partial charge in [-0.05, 0) is 19.1 Å². The number of carboxylic acid groups (broad SMARTS) is 1. The fraction of sp³-hybridized carbons (Fsp3) is 0.300. The lowest BCUT2D eigenvalue weighted by Gasteiger charge is -2.24. The van der Waals surface area contributed by atoms with E-state index in [0.717, 1.165) is 11.4 Å². The number of carbonyl (C=O) groups is 1. The number of benzene rings is 1. The van der Waals surface area contributed by atoms with Gasteiger partial charge < -0.3 is 20.5 Å². The number of para-hydroxylation sites is 2. The monoisotopic (exact) mass is 208 g/mol. The topological polar surface area (TPSA) is 70.6 Å². The van der Waals surface area contributed by atoms with Crippen LogP contribution in [0.5, 0.6) is 0 Å². The molecule has 1 aromatic rings. The van der Waals surface area contributed by atoms with Crippen LogP contribution in [0.2, 0.25) is 0 Å². The SMILES string of the molecule is CCOC1(C(=O)O)Nc2ccccc2N1. The molecule has 0 radical (unpaired) electrons. The van der Waals surface area contributed by atoms with E-state index in [2.05, 4.69) is 10.6 Å². The maximum absolute atomic E-state index is 11.1. The summed E-state index contributed by atoms with van der Waals surface area (Å²) in [5.41, 5.74) is 1.46. The second-order valence-corrected chi connectivity index (χ2v) is 3.21. The number of ether oxygens (including phenoxy) is 1. The third-order valence-electron chi connectivity index (χ3n) is 2.21. The number of rotatable bonds is 3. The zero-order valence-corrected chi connectivity index (χ0v) is 8.28. The molecule has 0 aliphatic carbocycles. The molecular weight excluding hydrogens is 196 g/mol. The van der Waals surface area contributed by atoms with E-state index < -0.39 is 11.8 Å². The van der Waals surface area contributed by atoms with Gasteiger partial charge in [0, 0.05) is 6.61 Å². The Morgan fingerprint density at radius 3 is 2.33 bits per heavy atom. The summed E-state index contributed by atoms with van der Waals surface area (Å²) in [6.45, 7) is 2.05. The Balaban J connectivity index is 2.32. The third-order valence-corrected chi connectivity index (χ3v) is 2.21. The lowest BCUT2D eigenvalue weighted by atomic mass is 10.3. The highest BCUT2D eigenvalue weighted by Gasteiger charge is 2.44. The van der Waals surface area contributed by atoms with E-state index in [4.69, 9.17) is 9.84 Å². The summed E-state index contributed by atoms with van der Waals surface area (Å²) < 4.78 is 5.21. The predicted molar refractivity (Wildman–Crippen MR) is 55.7 cm³/mol. The van der Waals surface area contributed by atoms with Crippen molar-refractivity contribution in [3.05, 3.63) is 24.3 Å². The molecule has 0 saturated heterocycles. The van der Waals surface area contributed by atoms with Crippen LogP contribution in [0.1, 0.15) is 6.92 Å². The van der Waals surface area contributed by atoms with E-state index in [1.807, 2.05) is 12.1 Å². The van der Waals surface area contributed by atoms with Gasteiger partial charge in [-0.25, -0.2) is 4.79 Å². The number of hydrogen-bond acceptors (Lipinski definition) is 4. The molecule has 1 heterocycles. The molecular formula is C10H12N2O3. The average Bonchev–Trinajstić information content (AvgIpc) is 2.57. The molecule has 0 unspecified atom stereocenters. The lowest BCUT2D eigenvalue weighted by molar-refractivity contribution is -0.157. The minimum atomic E-state index is -1.53. The second-order valence-electron chi connectivity index (χ2n) is 3.21. The van der Waals surface area contributed by atoms with Crippen molar-refractivity contribution in [2.24, 2.45) is 0 Å². The number of aliphatic carboxylic acids is 1. The smallest absolute Gasteiger partial charge is 0.380 e. The first-order valence-electron chi connectivity index (χ1n) is 4.70. The van der Waals surface area contributed by atoms with E-state index in [-0.39, 0.29) is 0 Å². The minimum absolute atomic E-state index is 0.306. The Morgan fingerprint density at radius 1 is 1.40 bits per heavy atom. The minimum Gasteiger partial charge on any atom is -0.476 e. The summed E-state index contributed by atoms with van der Waals surface area (Å²) in [4.78, 5) is 11.1. The lowest BCUT2D eigenvalue weighted by Crippen LogP contribution is -2.52. The van der Waals surface area contributed by atoms with E-state index in [0.29, 0.717) is 6.61 Å². The number of anilines is 2. The van der Waals surface area contributed by atoms with E-state index in [1.54, 1.807) is 19.1 Å². The fourth-order valence-corrected chi connectivity index (χ4v) is 1.57. The van der Waals surface area contributed by atoms with Crippen molar-refractivity contribution in [1.29, 1.82) is 0 Å². The third kappa shape index (κ3) is 1.50. The normalized spacial score (nSPS) is 16.3. The molecule has 80 valence electrons. The number of carboxylic acids is 1. The number of hydrogen-bond donors (Lipinski definition) is 3. The fourth-order valence-electron chi connectivity index (χ4n) is 1.57. The van der Waals surface area contributed by atoms with Crippen LogP contribution in [-0.2, 0) is 9.53 Å². The van der Waals surface area contributed by atoms with Gasteiger partial charge in [-0.1, -0.05) is 12.1 Å². The summed E-state index contributed by atoms with van der Waals surface area (Å²) in [5, 5.41) is 14.7. The van der Waals surface area contributed by atoms with Gasteiger partial charge in [0.05, 0.1) is 11.4 Å². The first-order chi connectivity index (χ1) is 7.18. The molecule has 0 spiro atoms. The van der Waals surface area contributed by atoms with Crippen molar-refractivity contribution < 1.29 is 14.6 Å². The Kier molecular flexibility index (Phi) is 2.24. The van der Waals surface area contributed by atoms with Crippen LogP contribution in [0.3, 0.4) is 0 Å². The van der Waals surface area contributed by atoms with E-state index >= 15 is 0 Å². The van der Waals surface area contributed by atoms with Crippen LogP contribution in [0.4, 0.5) is 11.4 Å². The number of fused-ring (bicyclic) bond motifs is 1. The summed E-state index contributed by atoms with van der Waals surface area (Å²) >= 11 is 0. The molecule has 1 aliphatic heterocycles. The maximum Gasteiger partial charge on any atom is 0.380 e. The summed E-state index contributed by atoms with van der Waals surface area (Å²) in [6.07, 6.45) is 0. The van der Waals surface area contributed by atoms with Crippen molar-refractivity contribution in [3.63, 3.8) is 0 Å². The molecule has 2 rings (SSSR count). The van der Waals surface area contributed by atoms with Gasteiger partial charge in [0.15, 0.2) is 0 Å². The zero-order valence-electron chi connectivity index (χ0n) is 8.28. The van der Waals surface area contributed by atoms with Crippen molar-refractivity contribution in [3.8, 4) is 0 Å². The van der Waals surface area contributed by atoms with Crippen molar-refractivity contribution in [2.45, 2.75) is 12.8 Å². The summed E-state index contributed by atoms with van der Waals surface area (Å²) in [7, 11) is 0. The highest BCUT2D eigenvalue weighted by Crippen LogP contribution is 2.34. The van der Waals surface area contributed by atoms with Crippen LogP contribution in [0, 0.1) is 0 Å². The van der Waals surface area contributed by atoms with E-state index in [9.17, 15) is 4.79 Å². The molecule has 5 heteroatoms. The van der Waals surface area contributed by atoms with Gasteiger partial charge >= 0.3 is 11.8 Å². The molecule has 5 nitrogen and oxygen atoms in total. The second kappa shape index (κ2) is 3.43. The van der Waals surface area contributed by atoms with Crippen LogP contribution < -0.4 is 10.6 Å². The molecule has 1 aliphatic rings. The standard InChI is InChI=1S/C10H12N2O3/c1-2-15-10(9(13)14)11-7-5-3-4-6-8(7)12-10/h3-6,11-12H,2H2,1H3,(H,13,14). The maximum atomic E-state index is 11.1. The Bertz CT molecular complexity index is 367. The van der Waals surface area contributed by atoms with E-state index in [1.165, 1.54) is 0 Å². The molecule has 0 saturated carbocycles. The summed E-state index contributed by atoms with van der Waals surface area (Å²) in [5.74, 6) is -2.61. The highest BCUT2D eigenvalue weighted by molar-refractivity contribution is 5.91. The predicted octanol–water partition coefficient (Wildman–Crippen LogP) is 1.30. The average molecular weight is 208 g/mol. The van der Waals surface area contributed by atoms with Gasteiger partial charge in [-0.2, -0.15) is 0 Å².